The molecule has 6 rings (SSSR count). The Morgan fingerprint density at radius 1 is 1.12 bits per heavy atom. The fraction of sp³-hybridized carbons (Fsp3) is 0.481. The molecule has 7 heteroatoms. The fourth-order valence-corrected chi connectivity index (χ4v) is 5.88. The first-order valence-electron chi connectivity index (χ1n) is 12.8. The fourth-order valence-electron chi connectivity index (χ4n) is 5.88. The van der Waals surface area contributed by atoms with Crippen LogP contribution in [0.5, 0.6) is 0 Å². The topological polar surface area (TPSA) is 71.3 Å². The number of hydrogen-bond donors (Lipinski definition) is 2. The number of para-hydroxylation sites is 1. The van der Waals surface area contributed by atoms with Crippen LogP contribution in [0.3, 0.4) is 0 Å². The summed E-state index contributed by atoms with van der Waals surface area (Å²) in [6.07, 6.45) is 7.60. The molecule has 2 saturated heterocycles. The first kappa shape index (κ1) is 21.5. The van der Waals surface area contributed by atoms with Gasteiger partial charge in [-0.25, -0.2) is 0 Å². The molecule has 0 saturated carbocycles. The Kier molecular flexibility index (Phi) is 5.65. The van der Waals surface area contributed by atoms with Gasteiger partial charge < -0.3 is 14.8 Å². The van der Waals surface area contributed by atoms with Crippen molar-refractivity contribution >= 4 is 28.7 Å². The van der Waals surface area contributed by atoms with E-state index in [1.807, 2.05) is 6.07 Å². The van der Waals surface area contributed by atoms with Gasteiger partial charge in [-0.05, 0) is 68.9 Å². The number of nitrogens with zero attached hydrogens (tertiary/aromatic N) is 4. The molecule has 2 aliphatic heterocycles. The summed E-state index contributed by atoms with van der Waals surface area (Å²) in [6.45, 7) is 8.15. The van der Waals surface area contributed by atoms with E-state index in [0.717, 1.165) is 94.1 Å². The van der Waals surface area contributed by atoms with E-state index in [1.165, 1.54) is 16.5 Å². The number of allylic oxidation sites excluding steroid dienone is 1. The molecule has 2 aromatic heterocycles. The summed E-state index contributed by atoms with van der Waals surface area (Å²) in [5.74, 6) is 1.25. The Bertz CT molecular complexity index is 1210. The maximum absolute atomic E-state index is 13.3. The van der Waals surface area contributed by atoms with Crippen molar-refractivity contribution in [3.8, 4) is 0 Å². The predicted molar refractivity (Wildman–Crippen MR) is 136 cm³/mol. The molecule has 2 fully saturated rings. The number of anilines is 1. The van der Waals surface area contributed by atoms with Crippen LogP contribution in [0.4, 0.5) is 5.82 Å². The number of aromatic amines is 2. The third-order valence-electron chi connectivity index (χ3n) is 7.88. The molecule has 3 aromatic rings. The molecular formula is C27H34N6O. The summed E-state index contributed by atoms with van der Waals surface area (Å²) >= 11 is 0. The number of hydrogen-bond acceptors (Lipinski definition) is 4. The van der Waals surface area contributed by atoms with Crippen LogP contribution in [-0.4, -0.2) is 76.2 Å². The van der Waals surface area contributed by atoms with Crippen LogP contribution >= 0.6 is 0 Å². The molecule has 1 aliphatic carbocycles. The number of benzene rings is 1. The van der Waals surface area contributed by atoms with E-state index in [2.05, 4.69) is 67.1 Å². The smallest absolute Gasteiger partial charge is 0.270 e. The van der Waals surface area contributed by atoms with Gasteiger partial charge in [0, 0.05) is 56.4 Å². The largest absolute Gasteiger partial charge is 0.352 e. The van der Waals surface area contributed by atoms with Crippen molar-refractivity contribution in [2.45, 2.75) is 45.1 Å². The summed E-state index contributed by atoms with van der Waals surface area (Å²) in [7, 11) is 0. The van der Waals surface area contributed by atoms with E-state index < -0.39 is 0 Å². The maximum atomic E-state index is 13.3. The maximum Gasteiger partial charge on any atom is 0.270 e. The molecule has 7 nitrogen and oxygen atoms in total. The monoisotopic (exact) mass is 458 g/mol. The zero-order valence-corrected chi connectivity index (χ0v) is 20.0. The van der Waals surface area contributed by atoms with Crippen LogP contribution in [-0.2, 0) is 6.42 Å². The molecular weight excluding hydrogens is 424 g/mol. The van der Waals surface area contributed by atoms with Gasteiger partial charge in [0.1, 0.15) is 5.69 Å². The highest BCUT2D eigenvalue weighted by atomic mass is 16.2. The van der Waals surface area contributed by atoms with Crippen molar-refractivity contribution in [3.63, 3.8) is 0 Å². The van der Waals surface area contributed by atoms with Gasteiger partial charge in [0.2, 0.25) is 0 Å². The van der Waals surface area contributed by atoms with Gasteiger partial charge in [-0.2, -0.15) is 5.10 Å². The summed E-state index contributed by atoms with van der Waals surface area (Å²) in [4.78, 5) is 23.8. The lowest BCUT2D eigenvalue weighted by atomic mass is 9.99. The molecule has 1 amide bonds. The van der Waals surface area contributed by atoms with Crippen LogP contribution < -0.4 is 4.90 Å². The number of aryl methyl sites for hydroxylation is 1. The number of aromatic nitrogens is 3. The number of amides is 1. The average Bonchev–Trinajstić information content (AvgIpc) is 3.60. The summed E-state index contributed by atoms with van der Waals surface area (Å²) < 4.78 is 0. The van der Waals surface area contributed by atoms with Gasteiger partial charge in [0.25, 0.3) is 5.91 Å². The number of rotatable bonds is 5. The SMILES string of the molecule is CC1=Cc2[nH]c(C(=O)N3CCCC3CCN3CCN(c4n[nH]c5ccccc45)CC3)cc2CC1. The minimum absolute atomic E-state index is 0.179. The average molecular weight is 459 g/mol. The number of H-pyrrole nitrogens is 2. The van der Waals surface area contributed by atoms with E-state index in [-0.39, 0.29) is 5.91 Å². The molecule has 1 atom stereocenters. The molecule has 0 bridgehead atoms. The van der Waals surface area contributed by atoms with Crippen molar-refractivity contribution in [2.75, 3.05) is 44.2 Å². The molecule has 0 spiro atoms. The van der Waals surface area contributed by atoms with Gasteiger partial charge in [-0.15, -0.1) is 0 Å². The van der Waals surface area contributed by atoms with Crippen molar-refractivity contribution in [2.24, 2.45) is 0 Å². The predicted octanol–water partition coefficient (Wildman–Crippen LogP) is 4.06. The normalized spacial score (nSPS) is 21.2. The first-order chi connectivity index (χ1) is 16.7. The Morgan fingerprint density at radius 3 is 2.85 bits per heavy atom. The number of carbonyl (C=O) groups excluding carboxylic acids is 1. The van der Waals surface area contributed by atoms with Crippen molar-refractivity contribution in [1.29, 1.82) is 0 Å². The molecule has 1 unspecified atom stereocenters. The molecule has 4 heterocycles. The van der Waals surface area contributed by atoms with Gasteiger partial charge in [0.05, 0.1) is 5.52 Å². The van der Waals surface area contributed by atoms with E-state index in [1.54, 1.807) is 0 Å². The Hall–Kier alpha value is -3.06. The van der Waals surface area contributed by atoms with Crippen molar-refractivity contribution in [1.82, 2.24) is 25.0 Å². The second-order valence-electron chi connectivity index (χ2n) is 10.1. The number of piperazine rings is 1. The standard InChI is InChI=1S/C27H34N6O/c1-19-8-9-20-18-25(28-24(20)17-19)27(34)33-11-4-5-21(33)10-12-31-13-15-32(16-14-31)26-22-6-2-3-7-23(22)29-30-26/h2-3,6-7,17-18,21,28H,4-5,8-16H2,1H3,(H,29,30). The Morgan fingerprint density at radius 2 is 1.97 bits per heavy atom. The van der Waals surface area contributed by atoms with Crippen LogP contribution in [0.1, 0.15) is 54.4 Å². The van der Waals surface area contributed by atoms with E-state index in [0.29, 0.717) is 6.04 Å². The quantitative estimate of drug-likeness (QED) is 0.605. The number of likely N-dealkylation sites (tertiary alicyclic amines) is 1. The molecule has 1 aromatic carbocycles. The van der Waals surface area contributed by atoms with Gasteiger partial charge in [-0.3, -0.25) is 14.8 Å². The zero-order chi connectivity index (χ0) is 23.1. The van der Waals surface area contributed by atoms with E-state index in [9.17, 15) is 4.79 Å². The molecule has 0 radical (unpaired) electrons. The third kappa shape index (κ3) is 4.02. The van der Waals surface area contributed by atoms with Crippen molar-refractivity contribution < 1.29 is 4.79 Å². The van der Waals surface area contributed by atoms with Gasteiger partial charge in [0.15, 0.2) is 5.82 Å². The van der Waals surface area contributed by atoms with Crippen LogP contribution in [0.15, 0.2) is 35.9 Å². The number of nitrogens with one attached hydrogen (secondary N) is 2. The Balaban J connectivity index is 1.04. The minimum Gasteiger partial charge on any atom is -0.352 e. The van der Waals surface area contributed by atoms with E-state index in [4.69, 9.17) is 0 Å². The highest BCUT2D eigenvalue weighted by Gasteiger charge is 2.31. The third-order valence-corrected chi connectivity index (χ3v) is 7.88. The molecule has 34 heavy (non-hydrogen) atoms. The lowest BCUT2D eigenvalue weighted by Gasteiger charge is -2.36. The van der Waals surface area contributed by atoms with Crippen LogP contribution in [0.25, 0.3) is 17.0 Å². The summed E-state index contributed by atoms with van der Waals surface area (Å²) in [6, 6.07) is 10.8. The number of carbonyl (C=O) groups is 1. The summed E-state index contributed by atoms with van der Waals surface area (Å²) in [5.41, 5.74) is 5.66. The van der Waals surface area contributed by atoms with Gasteiger partial charge >= 0.3 is 0 Å². The zero-order valence-electron chi connectivity index (χ0n) is 20.0. The van der Waals surface area contributed by atoms with Gasteiger partial charge in [-0.1, -0.05) is 17.7 Å². The second kappa shape index (κ2) is 8.95. The highest BCUT2D eigenvalue weighted by Crippen LogP contribution is 2.28. The number of fused-ring (bicyclic) bond motifs is 2. The van der Waals surface area contributed by atoms with Crippen molar-refractivity contribution in [3.05, 3.63) is 52.9 Å². The van der Waals surface area contributed by atoms with E-state index >= 15 is 0 Å². The summed E-state index contributed by atoms with van der Waals surface area (Å²) in [5, 5.41) is 8.93. The lowest BCUT2D eigenvalue weighted by Crippen LogP contribution is -2.48. The second-order valence-corrected chi connectivity index (χ2v) is 10.1. The highest BCUT2D eigenvalue weighted by molar-refractivity contribution is 5.94. The minimum atomic E-state index is 0.179. The molecule has 2 N–H and O–H groups in total. The lowest BCUT2D eigenvalue weighted by molar-refractivity contribution is 0.0714. The molecule has 3 aliphatic rings. The Labute approximate surface area is 200 Å². The molecule has 178 valence electrons. The van der Waals surface area contributed by atoms with Crippen LogP contribution in [0, 0.1) is 0 Å². The first-order valence-corrected chi connectivity index (χ1v) is 12.8. The van der Waals surface area contributed by atoms with Crippen LogP contribution in [0.2, 0.25) is 0 Å².